The summed E-state index contributed by atoms with van der Waals surface area (Å²) >= 11 is 0. The summed E-state index contributed by atoms with van der Waals surface area (Å²) in [5, 5.41) is 3.32. The Hall–Kier alpha value is -0.570. The average molecular weight is 224 g/mol. The van der Waals surface area contributed by atoms with Gasteiger partial charge in [0.2, 0.25) is 5.91 Å². The molecule has 1 aliphatic carbocycles. The highest BCUT2D eigenvalue weighted by Crippen LogP contribution is 2.25. The van der Waals surface area contributed by atoms with Gasteiger partial charge in [0, 0.05) is 20.0 Å². The Labute approximate surface area is 98.6 Å². The molecule has 3 heteroatoms. The SMILES string of the molecule is CN(CC1CCCC1)C(=O)CC1CCNC1. The molecule has 0 aromatic rings. The highest BCUT2D eigenvalue weighted by Gasteiger charge is 2.23. The molecule has 1 heterocycles. The van der Waals surface area contributed by atoms with Crippen LogP contribution in [0.3, 0.4) is 0 Å². The Kier molecular flexibility index (Phi) is 4.22. The third-order valence-corrected chi connectivity index (χ3v) is 4.06. The number of hydrogen-bond acceptors (Lipinski definition) is 2. The van der Waals surface area contributed by atoms with Crippen LogP contribution in [0.15, 0.2) is 0 Å². The van der Waals surface area contributed by atoms with Crippen molar-refractivity contribution in [1.82, 2.24) is 10.2 Å². The normalized spacial score (nSPS) is 26.2. The monoisotopic (exact) mass is 224 g/mol. The van der Waals surface area contributed by atoms with Gasteiger partial charge >= 0.3 is 0 Å². The van der Waals surface area contributed by atoms with E-state index in [1.165, 1.54) is 32.1 Å². The predicted octanol–water partition coefficient (Wildman–Crippen LogP) is 1.63. The number of carbonyl (C=O) groups excluding carboxylic acids is 1. The zero-order valence-electron chi connectivity index (χ0n) is 10.4. The van der Waals surface area contributed by atoms with E-state index in [4.69, 9.17) is 0 Å². The summed E-state index contributed by atoms with van der Waals surface area (Å²) in [7, 11) is 1.98. The molecule has 2 aliphatic rings. The molecule has 0 spiro atoms. The van der Waals surface area contributed by atoms with E-state index in [0.29, 0.717) is 11.8 Å². The fourth-order valence-electron chi connectivity index (χ4n) is 2.97. The maximum Gasteiger partial charge on any atom is 0.222 e. The number of nitrogens with one attached hydrogen (secondary N) is 1. The van der Waals surface area contributed by atoms with Gasteiger partial charge in [-0.15, -0.1) is 0 Å². The predicted molar refractivity (Wildman–Crippen MR) is 65.2 cm³/mol. The van der Waals surface area contributed by atoms with Crippen molar-refractivity contribution in [3.05, 3.63) is 0 Å². The zero-order valence-corrected chi connectivity index (χ0v) is 10.4. The van der Waals surface area contributed by atoms with Crippen molar-refractivity contribution >= 4 is 5.91 Å². The smallest absolute Gasteiger partial charge is 0.222 e. The molecule has 1 aliphatic heterocycles. The number of hydrogen-bond donors (Lipinski definition) is 1. The second-order valence-corrected chi connectivity index (χ2v) is 5.49. The first-order valence-electron chi connectivity index (χ1n) is 6.70. The number of amides is 1. The van der Waals surface area contributed by atoms with Gasteiger partial charge in [0.05, 0.1) is 0 Å². The minimum Gasteiger partial charge on any atom is -0.345 e. The molecular weight excluding hydrogens is 200 g/mol. The molecule has 1 saturated carbocycles. The largest absolute Gasteiger partial charge is 0.345 e. The summed E-state index contributed by atoms with van der Waals surface area (Å²) in [6.07, 6.45) is 7.28. The Balaban J connectivity index is 1.70. The molecule has 92 valence electrons. The van der Waals surface area contributed by atoms with Gasteiger partial charge in [-0.05, 0) is 44.2 Å². The lowest BCUT2D eigenvalue weighted by atomic mass is 10.0. The summed E-state index contributed by atoms with van der Waals surface area (Å²) < 4.78 is 0. The molecule has 3 nitrogen and oxygen atoms in total. The summed E-state index contributed by atoms with van der Waals surface area (Å²) in [5.74, 6) is 1.70. The summed E-state index contributed by atoms with van der Waals surface area (Å²) in [5.41, 5.74) is 0. The van der Waals surface area contributed by atoms with Crippen LogP contribution in [0.1, 0.15) is 38.5 Å². The number of carbonyl (C=O) groups is 1. The van der Waals surface area contributed by atoms with Crippen molar-refractivity contribution in [2.24, 2.45) is 11.8 Å². The molecule has 2 rings (SSSR count). The van der Waals surface area contributed by atoms with Gasteiger partial charge in [-0.1, -0.05) is 12.8 Å². The third kappa shape index (κ3) is 3.21. The van der Waals surface area contributed by atoms with Crippen molar-refractivity contribution in [2.75, 3.05) is 26.7 Å². The first-order valence-corrected chi connectivity index (χ1v) is 6.70. The van der Waals surface area contributed by atoms with Crippen molar-refractivity contribution in [1.29, 1.82) is 0 Å². The van der Waals surface area contributed by atoms with Gasteiger partial charge in [-0.2, -0.15) is 0 Å². The van der Waals surface area contributed by atoms with Crippen LogP contribution in [-0.2, 0) is 4.79 Å². The summed E-state index contributed by atoms with van der Waals surface area (Å²) in [4.78, 5) is 14.0. The molecule has 16 heavy (non-hydrogen) atoms. The van der Waals surface area contributed by atoms with Gasteiger partial charge in [-0.3, -0.25) is 4.79 Å². The highest BCUT2D eigenvalue weighted by atomic mass is 16.2. The van der Waals surface area contributed by atoms with Crippen molar-refractivity contribution in [3.8, 4) is 0 Å². The van der Waals surface area contributed by atoms with E-state index in [9.17, 15) is 4.79 Å². The molecule has 2 fully saturated rings. The topological polar surface area (TPSA) is 32.3 Å². The van der Waals surface area contributed by atoms with E-state index in [1.54, 1.807) is 0 Å². The lowest BCUT2D eigenvalue weighted by molar-refractivity contribution is -0.131. The second-order valence-electron chi connectivity index (χ2n) is 5.49. The average Bonchev–Trinajstić information content (AvgIpc) is 2.90. The van der Waals surface area contributed by atoms with Crippen molar-refractivity contribution in [2.45, 2.75) is 38.5 Å². The van der Waals surface area contributed by atoms with Gasteiger partial charge < -0.3 is 10.2 Å². The van der Waals surface area contributed by atoms with Crippen LogP contribution < -0.4 is 5.32 Å². The standard InChI is InChI=1S/C13H24N2O/c1-15(10-11-4-2-3-5-11)13(16)8-12-6-7-14-9-12/h11-12,14H,2-10H2,1H3. The molecule has 1 amide bonds. The molecule has 1 atom stereocenters. The van der Waals surface area contributed by atoms with Crippen LogP contribution in [-0.4, -0.2) is 37.5 Å². The number of rotatable bonds is 4. The lowest BCUT2D eigenvalue weighted by Gasteiger charge is -2.22. The van der Waals surface area contributed by atoms with Crippen molar-refractivity contribution in [3.63, 3.8) is 0 Å². The Bertz CT molecular complexity index is 230. The van der Waals surface area contributed by atoms with E-state index in [0.717, 1.165) is 32.0 Å². The maximum atomic E-state index is 12.0. The zero-order chi connectivity index (χ0) is 11.4. The molecule has 1 unspecified atom stereocenters. The highest BCUT2D eigenvalue weighted by molar-refractivity contribution is 5.76. The Morgan fingerprint density at radius 1 is 1.25 bits per heavy atom. The van der Waals surface area contributed by atoms with Crippen LogP contribution in [0.25, 0.3) is 0 Å². The van der Waals surface area contributed by atoms with E-state index in [2.05, 4.69) is 5.32 Å². The Morgan fingerprint density at radius 3 is 2.62 bits per heavy atom. The number of nitrogens with zero attached hydrogens (tertiary/aromatic N) is 1. The van der Waals surface area contributed by atoms with Crippen LogP contribution in [0, 0.1) is 11.8 Å². The molecule has 0 aromatic carbocycles. The van der Waals surface area contributed by atoms with Crippen LogP contribution in [0.2, 0.25) is 0 Å². The first-order chi connectivity index (χ1) is 7.75. The van der Waals surface area contributed by atoms with E-state index >= 15 is 0 Å². The van der Waals surface area contributed by atoms with E-state index < -0.39 is 0 Å². The fraction of sp³-hybridized carbons (Fsp3) is 0.923. The van der Waals surface area contributed by atoms with Crippen LogP contribution in [0.4, 0.5) is 0 Å². The van der Waals surface area contributed by atoms with Crippen molar-refractivity contribution < 1.29 is 4.79 Å². The molecule has 1 N–H and O–H groups in total. The fourth-order valence-corrected chi connectivity index (χ4v) is 2.97. The third-order valence-electron chi connectivity index (χ3n) is 4.06. The molecule has 0 radical (unpaired) electrons. The van der Waals surface area contributed by atoms with Crippen LogP contribution >= 0.6 is 0 Å². The minimum absolute atomic E-state index is 0.348. The Morgan fingerprint density at radius 2 is 2.00 bits per heavy atom. The maximum absolute atomic E-state index is 12.0. The van der Waals surface area contributed by atoms with Gasteiger partial charge in [-0.25, -0.2) is 0 Å². The van der Waals surface area contributed by atoms with Gasteiger partial charge in [0.15, 0.2) is 0 Å². The molecule has 0 aromatic heterocycles. The van der Waals surface area contributed by atoms with Crippen LogP contribution in [0.5, 0.6) is 0 Å². The molecule has 0 bridgehead atoms. The summed E-state index contributed by atoms with van der Waals surface area (Å²) in [6.45, 7) is 3.10. The summed E-state index contributed by atoms with van der Waals surface area (Å²) in [6, 6.07) is 0. The quantitative estimate of drug-likeness (QED) is 0.787. The van der Waals surface area contributed by atoms with E-state index in [1.807, 2.05) is 11.9 Å². The minimum atomic E-state index is 0.348. The van der Waals surface area contributed by atoms with Gasteiger partial charge in [0.1, 0.15) is 0 Å². The lowest BCUT2D eigenvalue weighted by Crippen LogP contribution is -2.32. The first kappa shape index (κ1) is 11.9. The molecular formula is C13H24N2O. The molecule has 1 saturated heterocycles. The van der Waals surface area contributed by atoms with Gasteiger partial charge in [0.25, 0.3) is 0 Å². The second kappa shape index (κ2) is 5.67. The van der Waals surface area contributed by atoms with E-state index in [-0.39, 0.29) is 0 Å².